The molecule has 2 aromatic carbocycles. The third-order valence-electron chi connectivity index (χ3n) is 6.82. The molecule has 2 aromatic rings. The van der Waals surface area contributed by atoms with Crippen LogP contribution in [0.15, 0.2) is 58.4 Å². The summed E-state index contributed by atoms with van der Waals surface area (Å²) in [6, 6.07) is 15.9. The quantitative estimate of drug-likeness (QED) is 0.147. The number of aliphatic imine (C=N–C) groups is 1. The van der Waals surface area contributed by atoms with Gasteiger partial charge in [-0.1, -0.05) is 49.2 Å². The van der Waals surface area contributed by atoms with Gasteiger partial charge in [0.2, 0.25) is 11.8 Å². The van der Waals surface area contributed by atoms with Gasteiger partial charge in [0, 0.05) is 30.6 Å². The van der Waals surface area contributed by atoms with Gasteiger partial charge >= 0.3 is 0 Å². The molecule has 0 bridgehead atoms. The first-order valence-electron chi connectivity index (χ1n) is 12.2. The number of hydrogen-bond donors (Lipinski definition) is 4. The maximum atomic E-state index is 13.9. The standard InChI is InChI=1S/C26H34N6O2S/c1-32-20-12-4-2-10-18(20)22(19-11-3-5-13-21(19)35-32)31-24(34)26(14-6-7-15-26)23(33)29-16-8-9-17-30-25(27)28/h2-5,10-13,22H,6-9,14-17H2,1H3,(H,29,33)(H,31,34)(H4,27,28,30)/t22-/m1/s1. The van der Waals surface area contributed by atoms with Crippen molar-refractivity contribution in [2.24, 2.45) is 21.9 Å². The summed E-state index contributed by atoms with van der Waals surface area (Å²) < 4.78 is 2.13. The summed E-state index contributed by atoms with van der Waals surface area (Å²) in [5.41, 5.74) is 12.8. The van der Waals surface area contributed by atoms with Crippen molar-refractivity contribution in [1.82, 2.24) is 10.6 Å². The van der Waals surface area contributed by atoms with E-state index in [2.05, 4.69) is 44.2 Å². The number of carbonyl (C=O) groups is 2. The molecular formula is C26H34N6O2S. The van der Waals surface area contributed by atoms with Gasteiger partial charge in [0.05, 0.1) is 11.7 Å². The largest absolute Gasteiger partial charge is 0.370 e. The molecule has 4 rings (SSSR count). The highest BCUT2D eigenvalue weighted by atomic mass is 32.2. The van der Waals surface area contributed by atoms with Crippen LogP contribution in [-0.4, -0.2) is 37.9 Å². The fourth-order valence-corrected chi connectivity index (χ4v) is 5.95. The Bertz CT molecular complexity index is 1090. The van der Waals surface area contributed by atoms with Crippen molar-refractivity contribution in [1.29, 1.82) is 0 Å². The predicted molar refractivity (Wildman–Crippen MR) is 141 cm³/mol. The number of amides is 2. The zero-order chi connectivity index (χ0) is 24.8. The summed E-state index contributed by atoms with van der Waals surface area (Å²) in [6.07, 6.45) is 4.35. The number of nitrogens with zero attached hydrogens (tertiary/aromatic N) is 2. The summed E-state index contributed by atoms with van der Waals surface area (Å²) in [6.45, 7) is 1.02. The highest BCUT2D eigenvalue weighted by molar-refractivity contribution is 8.00. The highest BCUT2D eigenvalue weighted by Crippen LogP contribution is 2.44. The molecule has 1 aliphatic carbocycles. The molecular weight excluding hydrogens is 460 g/mol. The smallest absolute Gasteiger partial charge is 0.236 e. The third-order valence-corrected chi connectivity index (χ3v) is 7.86. The number of anilines is 1. The van der Waals surface area contributed by atoms with Crippen molar-refractivity contribution >= 4 is 35.4 Å². The van der Waals surface area contributed by atoms with Crippen LogP contribution in [0.5, 0.6) is 0 Å². The Labute approximate surface area is 211 Å². The molecule has 1 saturated carbocycles. The van der Waals surface area contributed by atoms with Gasteiger partial charge in [0.25, 0.3) is 0 Å². The number of benzene rings is 2. The molecule has 0 saturated heterocycles. The van der Waals surface area contributed by atoms with Crippen LogP contribution in [0.2, 0.25) is 0 Å². The second-order valence-electron chi connectivity index (χ2n) is 9.15. The molecule has 0 unspecified atom stereocenters. The number of rotatable bonds is 8. The molecule has 0 radical (unpaired) electrons. The summed E-state index contributed by atoms with van der Waals surface area (Å²) in [7, 11) is 2.03. The van der Waals surface area contributed by atoms with Gasteiger partial charge in [0.1, 0.15) is 5.41 Å². The molecule has 1 heterocycles. The van der Waals surface area contributed by atoms with Crippen LogP contribution in [-0.2, 0) is 9.59 Å². The number of para-hydroxylation sites is 1. The second kappa shape index (κ2) is 11.0. The first-order chi connectivity index (χ1) is 16.9. The van der Waals surface area contributed by atoms with E-state index in [0.717, 1.165) is 47.4 Å². The number of nitrogens with one attached hydrogen (secondary N) is 2. The summed E-state index contributed by atoms with van der Waals surface area (Å²) in [4.78, 5) is 32.3. The first-order valence-corrected chi connectivity index (χ1v) is 12.9. The molecule has 1 aliphatic heterocycles. The van der Waals surface area contributed by atoms with E-state index in [-0.39, 0.29) is 23.8 Å². The van der Waals surface area contributed by atoms with Crippen LogP contribution >= 0.6 is 11.9 Å². The minimum atomic E-state index is -1.05. The molecule has 1 atom stereocenters. The van der Waals surface area contributed by atoms with Gasteiger partial charge in [-0.3, -0.25) is 14.6 Å². The number of fused-ring (bicyclic) bond motifs is 2. The van der Waals surface area contributed by atoms with E-state index in [0.29, 0.717) is 25.9 Å². The summed E-state index contributed by atoms with van der Waals surface area (Å²) in [5.74, 6) is -0.310. The Hall–Kier alpha value is -3.20. The molecule has 2 aliphatic rings. The predicted octanol–water partition coefficient (Wildman–Crippen LogP) is 3.08. The number of nitrogens with two attached hydrogens (primary N) is 2. The van der Waals surface area contributed by atoms with Gasteiger partial charge in [-0.15, -0.1) is 0 Å². The van der Waals surface area contributed by atoms with E-state index in [4.69, 9.17) is 11.5 Å². The topological polar surface area (TPSA) is 126 Å². The molecule has 6 N–H and O–H groups in total. The van der Waals surface area contributed by atoms with Crippen molar-refractivity contribution in [3.8, 4) is 0 Å². The number of unbranched alkanes of at least 4 members (excludes halogenated alkanes) is 1. The Kier molecular flexibility index (Phi) is 7.85. The SMILES string of the molecule is CN1Sc2ccccc2[C@H](NC(=O)C2(C(=O)NCCCCN=C(N)N)CCCC2)c2ccccc21. The zero-order valence-electron chi connectivity index (χ0n) is 20.1. The molecule has 1 fully saturated rings. The monoisotopic (exact) mass is 494 g/mol. The Morgan fingerprint density at radius 1 is 1.03 bits per heavy atom. The molecule has 186 valence electrons. The van der Waals surface area contributed by atoms with Crippen molar-refractivity contribution < 1.29 is 9.59 Å². The fraction of sp³-hybridized carbons (Fsp3) is 0.423. The molecule has 35 heavy (non-hydrogen) atoms. The number of carbonyl (C=O) groups excluding carboxylic acids is 2. The fourth-order valence-electron chi connectivity index (χ4n) is 4.96. The molecule has 0 aromatic heterocycles. The third kappa shape index (κ3) is 5.40. The Morgan fingerprint density at radius 3 is 2.46 bits per heavy atom. The summed E-state index contributed by atoms with van der Waals surface area (Å²) in [5, 5.41) is 6.30. The van der Waals surface area contributed by atoms with Gasteiger partial charge in [0.15, 0.2) is 5.96 Å². The number of hydrogen-bond acceptors (Lipinski definition) is 5. The van der Waals surface area contributed by atoms with Crippen molar-refractivity contribution in [2.75, 3.05) is 24.4 Å². The van der Waals surface area contributed by atoms with Crippen LogP contribution in [0.4, 0.5) is 5.69 Å². The minimum absolute atomic E-state index is 0.0712. The normalized spacial score (nSPS) is 18.1. The summed E-state index contributed by atoms with van der Waals surface area (Å²) >= 11 is 1.64. The van der Waals surface area contributed by atoms with Crippen molar-refractivity contribution in [2.45, 2.75) is 49.5 Å². The van der Waals surface area contributed by atoms with E-state index in [1.807, 2.05) is 31.3 Å². The van der Waals surface area contributed by atoms with E-state index < -0.39 is 5.41 Å². The van der Waals surface area contributed by atoms with E-state index in [1.54, 1.807) is 11.9 Å². The molecule has 8 nitrogen and oxygen atoms in total. The average Bonchev–Trinajstić information content (AvgIpc) is 3.32. The zero-order valence-corrected chi connectivity index (χ0v) is 20.9. The van der Waals surface area contributed by atoms with Crippen LogP contribution < -0.4 is 26.4 Å². The lowest BCUT2D eigenvalue weighted by molar-refractivity contribution is -0.143. The van der Waals surface area contributed by atoms with Gasteiger partial charge in [-0.05, 0) is 55.3 Å². The van der Waals surface area contributed by atoms with E-state index in [9.17, 15) is 9.59 Å². The lowest BCUT2D eigenvalue weighted by Gasteiger charge is -2.30. The number of guanidine groups is 1. The highest BCUT2D eigenvalue weighted by Gasteiger charge is 2.48. The van der Waals surface area contributed by atoms with Crippen LogP contribution in [0.25, 0.3) is 0 Å². The first kappa shape index (κ1) is 24.9. The van der Waals surface area contributed by atoms with Crippen LogP contribution in [0, 0.1) is 5.41 Å². The van der Waals surface area contributed by atoms with Crippen LogP contribution in [0.1, 0.15) is 55.7 Å². The lowest BCUT2D eigenvalue weighted by Crippen LogP contribution is -2.51. The lowest BCUT2D eigenvalue weighted by atomic mass is 9.83. The average molecular weight is 495 g/mol. The second-order valence-corrected chi connectivity index (χ2v) is 10.3. The minimum Gasteiger partial charge on any atom is -0.370 e. The molecule has 0 spiro atoms. The maximum Gasteiger partial charge on any atom is 0.236 e. The Balaban J connectivity index is 1.54. The maximum absolute atomic E-state index is 13.9. The van der Waals surface area contributed by atoms with Gasteiger partial charge < -0.3 is 26.4 Å². The van der Waals surface area contributed by atoms with Crippen molar-refractivity contribution in [3.63, 3.8) is 0 Å². The van der Waals surface area contributed by atoms with Crippen molar-refractivity contribution in [3.05, 3.63) is 59.7 Å². The van der Waals surface area contributed by atoms with Crippen LogP contribution in [0.3, 0.4) is 0 Å². The van der Waals surface area contributed by atoms with E-state index >= 15 is 0 Å². The van der Waals surface area contributed by atoms with Gasteiger partial charge in [-0.2, -0.15) is 0 Å². The molecule has 9 heteroatoms. The molecule has 2 amide bonds. The van der Waals surface area contributed by atoms with Gasteiger partial charge in [-0.25, -0.2) is 0 Å². The Morgan fingerprint density at radius 2 is 1.71 bits per heavy atom. The van der Waals surface area contributed by atoms with E-state index in [1.165, 1.54) is 0 Å².